The van der Waals surface area contributed by atoms with Gasteiger partial charge in [0, 0.05) is 13.1 Å². The summed E-state index contributed by atoms with van der Waals surface area (Å²) < 4.78 is 0.755. The number of rotatable bonds is 4. The molecule has 0 aliphatic heterocycles. The molecule has 4 nitrogen and oxygen atoms in total. The molecule has 0 aliphatic carbocycles. The van der Waals surface area contributed by atoms with Crippen LogP contribution in [0.4, 0.5) is 5.82 Å². The third kappa shape index (κ3) is 4.19. The van der Waals surface area contributed by atoms with Crippen molar-refractivity contribution in [2.75, 3.05) is 32.5 Å². The van der Waals surface area contributed by atoms with E-state index in [0.29, 0.717) is 0 Å². The highest BCUT2D eigenvalue weighted by Gasteiger charge is 1.94. The van der Waals surface area contributed by atoms with Gasteiger partial charge in [-0.05, 0) is 42.2 Å². The third-order valence-electron chi connectivity index (χ3n) is 1.50. The molecule has 1 heterocycles. The summed E-state index contributed by atoms with van der Waals surface area (Å²) in [6, 6.07) is 3.76. The number of halogens is 1. The lowest BCUT2D eigenvalue weighted by Crippen LogP contribution is -2.21. The topological polar surface area (TPSA) is 41.0 Å². The first kappa shape index (κ1) is 10.4. The van der Waals surface area contributed by atoms with E-state index in [1.807, 2.05) is 26.2 Å². The molecular formula is C8H13BrN4. The Morgan fingerprint density at radius 3 is 2.69 bits per heavy atom. The number of anilines is 1. The molecular weight excluding hydrogens is 232 g/mol. The summed E-state index contributed by atoms with van der Waals surface area (Å²) in [4.78, 5) is 2.11. The van der Waals surface area contributed by atoms with E-state index < -0.39 is 0 Å². The first-order valence-electron chi connectivity index (χ1n) is 4.06. The largest absolute Gasteiger partial charge is 0.367 e. The van der Waals surface area contributed by atoms with Crippen molar-refractivity contribution in [3.8, 4) is 0 Å². The van der Waals surface area contributed by atoms with Crippen LogP contribution in [0, 0.1) is 0 Å². The van der Waals surface area contributed by atoms with Crippen molar-refractivity contribution in [3.05, 3.63) is 16.7 Å². The SMILES string of the molecule is CN(C)CCNc1ccc(Br)nn1. The fourth-order valence-electron chi connectivity index (χ4n) is 0.818. The lowest BCUT2D eigenvalue weighted by atomic mass is 10.5. The highest BCUT2D eigenvalue weighted by atomic mass is 79.9. The standard InChI is InChI=1S/C8H13BrN4/c1-13(2)6-5-10-8-4-3-7(9)11-12-8/h3-4H,5-6H2,1-2H3,(H,10,12). The van der Waals surface area contributed by atoms with Crippen molar-refractivity contribution < 1.29 is 0 Å². The second-order valence-corrected chi connectivity index (χ2v) is 3.78. The Bertz CT molecular complexity index is 247. The van der Waals surface area contributed by atoms with Crippen LogP contribution in [-0.2, 0) is 0 Å². The molecule has 1 aromatic rings. The van der Waals surface area contributed by atoms with Crippen molar-refractivity contribution >= 4 is 21.7 Å². The fraction of sp³-hybridized carbons (Fsp3) is 0.500. The van der Waals surface area contributed by atoms with Gasteiger partial charge in [-0.25, -0.2) is 0 Å². The fourth-order valence-corrected chi connectivity index (χ4v) is 1.03. The lowest BCUT2D eigenvalue weighted by Gasteiger charge is -2.09. The van der Waals surface area contributed by atoms with Gasteiger partial charge in [0.25, 0.3) is 0 Å². The molecule has 0 radical (unpaired) electrons. The molecule has 0 saturated carbocycles. The van der Waals surface area contributed by atoms with Gasteiger partial charge < -0.3 is 10.2 Å². The molecule has 0 fully saturated rings. The molecule has 0 bridgehead atoms. The Kier molecular flexibility index (Phi) is 4.11. The number of aromatic nitrogens is 2. The van der Waals surface area contributed by atoms with Crippen molar-refractivity contribution in [3.63, 3.8) is 0 Å². The van der Waals surface area contributed by atoms with Crippen LogP contribution in [0.5, 0.6) is 0 Å². The van der Waals surface area contributed by atoms with E-state index in [-0.39, 0.29) is 0 Å². The van der Waals surface area contributed by atoms with Crippen LogP contribution in [0.1, 0.15) is 0 Å². The van der Waals surface area contributed by atoms with Crippen LogP contribution < -0.4 is 5.32 Å². The maximum absolute atomic E-state index is 3.95. The summed E-state index contributed by atoms with van der Waals surface area (Å²) in [7, 11) is 4.07. The predicted molar refractivity (Wildman–Crippen MR) is 56.8 cm³/mol. The summed E-state index contributed by atoms with van der Waals surface area (Å²) >= 11 is 3.23. The molecule has 0 saturated heterocycles. The number of nitrogens with zero attached hydrogens (tertiary/aromatic N) is 3. The van der Waals surface area contributed by atoms with E-state index in [2.05, 4.69) is 36.3 Å². The van der Waals surface area contributed by atoms with Crippen LogP contribution in [0.2, 0.25) is 0 Å². The number of hydrogen-bond acceptors (Lipinski definition) is 4. The Labute approximate surface area is 86.5 Å². The minimum atomic E-state index is 0.755. The van der Waals surface area contributed by atoms with E-state index in [0.717, 1.165) is 23.5 Å². The van der Waals surface area contributed by atoms with Gasteiger partial charge in [0.2, 0.25) is 0 Å². The minimum absolute atomic E-state index is 0.755. The molecule has 1 aromatic heterocycles. The second kappa shape index (κ2) is 5.14. The molecule has 5 heteroatoms. The third-order valence-corrected chi connectivity index (χ3v) is 1.92. The van der Waals surface area contributed by atoms with Crippen molar-refractivity contribution in [1.29, 1.82) is 0 Å². The highest BCUT2D eigenvalue weighted by molar-refractivity contribution is 9.10. The summed E-state index contributed by atoms with van der Waals surface area (Å²) in [5, 5.41) is 11.0. The number of nitrogens with one attached hydrogen (secondary N) is 1. The van der Waals surface area contributed by atoms with Crippen LogP contribution >= 0.6 is 15.9 Å². The maximum atomic E-state index is 3.95. The quantitative estimate of drug-likeness (QED) is 0.865. The molecule has 1 rings (SSSR count). The molecule has 0 aromatic carbocycles. The van der Waals surface area contributed by atoms with Gasteiger partial charge in [0.15, 0.2) is 0 Å². The molecule has 0 unspecified atom stereocenters. The lowest BCUT2D eigenvalue weighted by molar-refractivity contribution is 0.425. The van der Waals surface area contributed by atoms with Gasteiger partial charge in [-0.1, -0.05) is 0 Å². The summed E-state index contributed by atoms with van der Waals surface area (Å²) in [6.45, 7) is 1.86. The molecule has 0 atom stereocenters. The summed E-state index contributed by atoms with van der Waals surface area (Å²) in [6.07, 6.45) is 0. The zero-order valence-corrected chi connectivity index (χ0v) is 9.37. The first-order valence-corrected chi connectivity index (χ1v) is 4.85. The highest BCUT2D eigenvalue weighted by Crippen LogP contribution is 2.06. The van der Waals surface area contributed by atoms with E-state index in [1.165, 1.54) is 0 Å². The molecule has 0 amide bonds. The van der Waals surface area contributed by atoms with Gasteiger partial charge in [0.1, 0.15) is 10.4 Å². The predicted octanol–water partition coefficient (Wildman–Crippen LogP) is 1.21. The molecule has 1 N–H and O–H groups in total. The maximum Gasteiger partial charge on any atom is 0.148 e. The van der Waals surface area contributed by atoms with E-state index in [4.69, 9.17) is 0 Å². The van der Waals surface area contributed by atoms with Crippen molar-refractivity contribution in [2.45, 2.75) is 0 Å². The normalized spacial score (nSPS) is 10.5. The Morgan fingerprint density at radius 1 is 1.38 bits per heavy atom. The van der Waals surface area contributed by atoms with Crippen LogP contribution in [0.3, 0.4) is 0 Å². The Hall–Kier alpha value is -0.680. The van der Waals surface area contributed by atoms with E-state index >= 15 is 0 Å². The zero-order chi connectivity index (χ0) is 9.68. The van der Waals surface area contributed by atoms with Gasteiger partial charge >= 0.3 is 0 Å². The van der Waals surface area contributed by atoms with E-state index in [1.54, 1.807) is 0 Å². The van der Waals surface area contributed by atoms with Crippen molar-refractivity contribution in [2.24, 2.45) is 0 Å². The molecule has 72 valence electrons. The number of likely N-dealkylation sites (N-methyl/N-ethyl adjacent to an activating group) is 1. The minimum Gasteiger partial charge on any atom is -0.367 e. The molecule has 0 spiro atoms. The van der Waals surface area contributed by atoms with Gasteiger partial charge in [0.05, 0.1) is 0 Å². The monoisotopic (exact) mass is 244 g/mol. The average Bonchev–Trinajstić information content (AvgIpc) is 2.08. The summed E-state index contributed by atoms with van der Waals surface area (Å²) in [5.74, 6) is 0.810. The Balaban J connectivity index is 2.33. The molecule has 13 heavy (non-hydrogen) atoms. The first-order chi connectivity index (χ1) is 6.18. The average molecular weight is 245 g/mol. The van der Waals surface area contributed by atoms with Crippen LogP contribution in [0.25, 0.3) is 0 Å². The van der Waals surface area contributed by atoms with Crippen molar-refractivity contribution in [1.82, 2.24) is 15.1 Å². The van der Waals surface area contributed by atoms with Gasteiger partial charge in [-0.15, -0.1) is 10.2 Å². The number of hydrogen-bond donors (Lipinski definition) is 1. The second-order valence-electron chi connectivity index (χ2n) is 2.97. The zero-order valence-electron chi connectivity index (χ0n) is 7.79. The van der Waals surface area contributed by atoms with Gasteiger partial charge in [-0.2, -0.15) is 0 Å². The van der Waals surface area contributed by atoms with Gasteiger partial charge in [-0.3, -0.25) is 0 Å². The van der Waals surface area contributed by atoms with Crippen LogP contribution in [-0.4, -0.2) is 42.3 Å². The van der Waals surface area contributed by atoms with E-state index in [9.17, 15) is 0 Å². The van der Waals surface area contributed by atoms with Crippen LogP contribution in [0.15, 0.2) is 16.7 Å². The smallest absolute Gasteiger partial charge is 0.148 e. The molecule has 0 aliphatic rings. The Morgan fingerprint density at radius 2 is 2.15 bits per heavy atom. The summed E-state index contributed by atoms with van der Waals surface area (Å²) in [5.41, 5.74) is 0.